The second-order valence-corrected chi connectivity index (χ2v) is 5.37. The molecule has 0 aliphatic carbocycles. The number of nitrogens with one attached hydrogen (secondary N) is 1. The molecule has 0 aliphatic rings. The molecule has 0 aliphatic heterocycles. The Morgan fingerprint density at radius 2 is 1.79 bits per heavy atom. The standard InChI is InChI=1S/C14H15Cl2N3/c1-9(2)11-5-3-10(4-6-11)8-17-12-7-13(15)18-19-14(12)16/h3-7,9H,8H2,1-2H3,(H,17,18). The molecule has 1 aromatic carbocycles. The number of hydrogen-bond donors (Lipinski definition) is 1. The molecule has 0 fully saturated rings. The molecule has 100 valence electrons. The van der Waals surface area contributed by atoms with Crippen molar-refractivity contribution < 1.29 is 0 Å². The quantitative estimate of drug-likeness (QED) is 0.901. The van der Waals surface area contributed by atoms with Gasteiger partial charge in [0, 0.05) is 12.6 Å². The van der Waals surface area contributed by atoms with Crippen molar-refractivity contribution in [2.75, 3.05) is 5.32 Å². The van der Waals surface area contributed by atoms with Crippen LogP contribution in [0.4, 0.5) is 5.69 Å². The van der Waals surface area contributed by atoms with Gasteiger partial charge < -0.3 is 5.32 Å². The predicted octanol–water partition coefficient (Wildman–Crippen LogP) is 4.52. The summed E-state index contributed by atoms with van der Waals surface area (Å²) in [5.74, 6) is 0.541. The number of benzene rings is 1. The van der Waals surface area contributed by atoms with Gasteiger partial charge in [-0.2, -0.15) is 0 Å². The summed E-state index contributed by atoms with van der Waals surface area (Å²) in [6, 6.07) is 10.2. The summed E-state index contributed by atoms with van der Waals surface area (Å²) in [4.78, 5) is 0. The topological polar surface area (TPSA) is 37.8 Å². The van der Waals surface area contributed by atoms with E-state index in [0.717, 1.165) is 0 Å². The predicted molar refractivity (Wildman–Crippen MR) is 79.9 cm³/mol. The summed E-state index contributed by atoms with van der Waals surface area (Å²) in [5.41, 5.74) is 3.19. The second-order valence-electron chi connectivity index (χ2n) is 4.62. The van der Waals surface area contributed by atoms with E-state index in [0.29, 0.717) is 28.5 Å². The van der Waals surface area contributed by atoms with Crippen molar-refractivity contribution in [3.05, 3.63) is 51.8 Å². The van der Waals surface area contributed by atoms with E-state index in [1.165, 1.54) is 11.1 Å². The highest BCUT2D eigenvalue weighted by Gasteiger charge is 2.04. The minimum absolute atomic E-state index is 0.321. The Bertz CT molecular complexity index is 553. The minimum atomic E-state index is 0.321. The Balaban J connectivity index is 2.04. The maximum absolute atomic E-state index is 5.93. The Hall–Kier alpha value is -1.32. The molecular weight excluding hydrogens is 281 g/mol. The normalized spacial score (nSPS) is 10.8. The van der Waals surface area contributed by atoms with E-state index in [4.69, 9.17) is 23.2 Å². The molecule has 0 spiro atoms. The van der Waals surface area contributed by atoms with Crippen molar-refractivity contribution >= 4 is 28.9 Å². The summed E-state index contributed by atoms with van der Waals surface area (Å²) >= 11 is 11.7. The molecule has 19 heavy (non-hydrogen) atoms. The van der Waals surface area contributed by atoms with E-state index in [-0.39, 0.29) is 0 Å². The maximum Gasteiger partial charge on any atom is 0.174 e. The maximum atomic E-state index is 5.93. The van der Waals surface area contributed by atoms with Crippen LogP contribution in [0.15, 0.2) is 30.3 Å². The van der Waals surface area contributed by atoms with E-state index in [9.17, 15) is 0 Å². The fourth-order valence-corrected chi connectivity index (χ4v) is 2.00. The molecule has 2 rings (SSSR count). The highest BCUT2D eigenvalue weighted by atomic mass is 35.5. The number of aromatic nitrogens is 2. The summed E-state index contributed by atoms with van der Waals surface area (Å²) in [5, 5.41) is 11.3. The molecule has 0 radical (unpaired) electrons. The fourth-order valence-electron chi connectivity index (χ4n) is 1.69. The molecule has 1 aromatic heterocycles. The van der Waals surface area contributed by atoms with Crippen LogP contribution >= 0.6 is 23.2 Å². The average Bonchev–Trinajstić information content (AvgIpc) is 2.40. The van der Waals surface area contributed by atoms with Gasteiger partial charge >= 0.3 is 0 Å². The largest absolute Gasteiger partial charge is 0.378 e. The first-order valence-corrected chi connectivity index (χ1v) is 6.83. The van der Waals surface area contributed by atoms with Crippen LogP contribution in [0, 0.1) is 0 Å². The number of rotatable bonds is 4. The highest BCUT2D eigenvalue weighted by Crippen LogP contribution is 2.22. The van der Waals surface area contributed by atoms with Gasteiger partial charge in [0.15, 0.2) is 10.3 Å². The lowest BCUT2D eigenvalue weighted by atomic mass is 10.0. The summed E-state index contributed by atoms with van der Waals surface area (Å²) < 4.78 is 0. The van der Waals surface area contributed by atoms with Crippen LogP contribution in [0.3, 0.4) is 0 Å². The molecule has 5 heteroatoms. The van der Waals surface area contributed by atoms with Gasteiger partial charge in [-0.15, -0.1) is 10.2 Å². The molecule has 0 saturated heterocycles. The van der Waals surface area contributed by atoms with E-state index in [1.807, 2.05) is 0 Å². The van der Waals surface area contributed by atoms with Crippen LogP contribution in [0.2, 0.25) is 10.3 Å². The van der Waals surface area contributed by atoms with Gasteiger partial charge in [0.1, 0.15) is 0 Å². The molecule has 1 N–H and O–H groups in total. The lowest BCUT2D eigenvalue weighted by Crippen LogP contribution is -2.02. The van der Waals surface area contributed by atoms with Crippen LogP contribution < -0.4 is 5.32 Å². The smallest absolute Gasteiger partial charge is 0.174 e. The zero-order valence-electron chi connectivity index (χ0n) is 10.8. The first kappa shape index (κ1) is 14.1. The van der Waals surface area contributed by atoms with Crippen LogP contribution in [-0.2, 0) is 6.54 Å². The van der Waals surface area contributed by atoms with Crippen LogP contribution in [0.5, 0.6) is 0 Å². The average molecular weight is 296 g/mol. The SMILES string of the molecule is CC(C)c1ccc(CNc2cc(Cl)nnc2Cl)cc1. The van der Waals surface area contributed by atoms with Crippen molar-refractivity contribution in [1.82, 2.24) is 10.2 Å². The van der Waals surface area contributed by atoms with E-state index in [2.05, 4.69) is 53.6 Å². The number of hydrogen-bond acceptors (Lipinski definition) is 3. The summed E-state index contributed by atoms with van der Waals surface area (Å²) in [6.07, 6.45) is 0. The van der Waals surface area contributed by atoms with Gasteiger partial charge in [-0.25, -0.2) is 0 Å². The van der Waals surface area contributed by atoms with Crippen molar-refractivity contribution in [2.24, 2.45) is 0 Å². The Kier molecular flexibility index (Phi) is 4.61. The van der Waals surface area contributed by atoms with E-state index in [1.54, 1.807) is 6.07 Å². The van der Waals surface area contributed by atoms with Crippen molar-refractivity contribution in [1.29, 1.82) is 0 Å². The van der Waals surface area contributed by atoms with Gasteiger partial charge in [-0.05, 0) is 17.0 Å². The Morgan fingerprint density at radius 1 is 1.11 bits per heavy atom. The van der Waals surface area contributed by atoms with Gasteiger partial charge in [-0.3, -0.25) is 0 Å². The molecule has 0 atom stereocenters. The zero-order valence-corrected chi connectivity index (χ0v) is 12.3. The van der Waals surface area contributed by atoms with E-state index >= 15 is 0 Å². The third-order valence-corrected chi connectivity index (χ3v) is 3.31. The molecule has 1 heterocycles. The van der Waals surface area contributed by atoms with Crippen molar-refractivity contribution in [2.45, 2.75) is 26.3 Å². The Morgan fingerprint density at radius 3 is 2.42 bits per heavy atom. The van der Waals surface area contributed by atoms with E-state index < -0.39 is 0 Å². The second kappa shape index (κ2) is 6.22. The van der Waals surface area contributed by atoms with Gasteiger partial charge in [0.05, 0.1) is 5.69 Å². The van der Waals surface area contributed by atoms with Crippen molar-refractivity contribution in [3.63, 3.8) is 0 Å². The minimum Gasteiger partial charge on any atom is -0.378 e. The zero-order chi connectivity index (χ0) is 13.8. The molecule has 0 unspecified atom stereocenters. The molecule has 0 saturated carbocycles. The van der Waals surface area contributed by atoms with Crippen LogP contribution in [0.1, 0.15) is 30.9 Å². The summed E-state index contributed by atoms with van der Waals surface area (Å²) in [6.45, 7) is 5.02. The first-order valence-electron chi connectivity index (χ1n) is 6.07. The lowest BCUT2D eigenvalue weighted by molar-refractivity contribution is 0.865. The number of nitrogens with zero attached hydrogens (tertiary/aromatic N) is 2. The first-order chi connectivity index (χ1) is 9.06. The molecule has 2 aromatic rings. The highest BCUT2D eigenvalue weighted by molar-refractivity contribution is 6.33. The monoisotopic (exact) mass is 295 g/mol. The lowest BCUT2D eigenvalue weighted by Gasteiger charge is -2.09. The third kappa shape index (κ3) is 3.82. The van der Waals surface area contributed by atoms with Gasteiger partial charge in [-0.1, -0.05) is 61.3 Å². The van der Waals surface area contributed by atoms with Crippen molar-refractivity contribution in [3.8, 4) is 0 Å². The molecule has 0 bridgehead atoms. The fraction of sp³-hybridized carbons (Fsp3) is 0.286. The Labute approximate surface area is 123 Å². The number of halogens is 2. The van der Waals surface area contributed by atoms with Crippen LogP contribution in [0.25, 0.3) is 0 Å². The third-order valence-electron chi connectivity index (χ3n) is 2.85. The van der Waals surface area contributed by atoms with Gasteiger partial charge in [0.25, 0.3) is 0 Å². The number of anilines is 1. The molecule has 3 nitrogen and oxygen atoms in total. The molecule has 0 amide bonds. The van der Waals surface area contributed by atoms with Gasteiger partial charge in [0.2, 0.25) is 0 Å². The summed E-state index contributed by atoms with van der Waals surface area (Å²) in [7, 11) is 0. The van der Waals surface area contributed by atoms with Crippen LogP contribution in [-0.4, -0.2) is 10.2 Å². The molecular formula is C14H15Cl2N3.